The highest BCUT2D eigenvalue weighted by molar-refractivity contribution is 9.12. The van der Waals surface area contributed by atoms with E-state index in [0.29, 0.717) is 38.0 Å². The number of fused-ring (bicyclic) bond motifs is 1. The molecular weight excluding hydrogens is 578 g/mol. The van der Waals surface area contributed by atoms with Crippen LogP contribution in [0.1, 0.15) is 60.8 Å². The topological polar surface area (TPSA) is 128 Å². The summed E-state index contributed by atoms with van der Waals surface area (Å²) in [5.41, 5.74) is 3.51. The molecule has 1 aromatic carbocycles. The molecule has 0 fully saturated rings. The number of rotatable bonds is 7. The van der Waals surface area contributed by atoms with Gasteiger partial charge in [0.2, 0.25) is 5.96 Å². The molecule has 1 aliphatic rings. The third kappa shape index (κ3) is 9.21. The molecule has 9 nitrogen and oxygen atoms in total. The third-order valence-electron chi connectivity index (χ3n) is 5.64. The fourth-order valence-corrected chi connectivity index (χ4v) is 4.05. The van der Waals surface area contributed by atoms with Crippen LogP contribution in [0.25, 0.3) is 11.1 Å². The van der Waals surface area contributed by atoms with Crippen LogP contribution in [0.4, 0.5) is 6.01 Å². The van der Waals surface area contributed by atoms with E-state index < -0.39 is 6.04 Å². The molecule has 11 heteroatoms. The van der Waals surface area contributed by atoms with Gasteiger partial charge in [-0.25, -0.2) is 4.99 Å². The molecule has 1 amide bonds. The van der Waals surface area contributed by atoms with Crippen molar-refractivity contribution in [1.29, 1.82) is 5.41 Å². The van der Waals surface area contributed by atoms with Crippen molar-refractivity contribution in [2.24, 2.45) is 9.98 Å². The molecule has 1 unspecified atom stereocenters. The average molecular weight is 617 g/mol. The highest BCUT2D eigenvalue weighted by Crippen LogP contribution is 2.24. The Morgan fingerprint density at radius 1 is 1.28 bits per heavy atom. The van der Waals surface area contributed by atoms with Gasteiger partial charge in [0.15, 0.2) is 10.8 Å². The Labute approximate surface area is 243 Å². The number of halogens is 1. The zero-order valence-corrected chi connectivity index (χ0v) is 26.0. The molecule has 4 N–H and O–H groups in total. The summed E-state index contributed by atoms with van der Waals surface area (Å²) in [4.78, 5) is 26.5. The van der Waals surface area contributed by atoms with Gasteiger partial charge in [-0.3, -0.25) is 15.1 Å². The van der Waals surface area contributed by atoms with Crippen molar-refractivity contribution in [2.75, 3.05) is 12.4 Å². The molecule has 3 rings (SSSR count). The van der Waals surface area contributed by atoms with E-state index in [4.69, 9.17) is 9.83 Å². The van der Waals surface area contributed by atoms with Crippen molar-refractivity contribution < 1.29 is 9.21 Å². The van der Waals surface area contributed by atoms with Gasteiger partial charge in [-0.05, 0) is 60.7 Å². The maximum Gasteiger partial charge on any atom is 0.302 e. The summed E-state index contributed by atoms with van der Waals surface area (Å²) in [6.07, 6.45) is 5.29. The summed E-state index contributed by atoms with van der Waals surface area (Å²) in [7, 11) is 1.62. The second-order valence-electron chi connectivity index (χ2n) is 8.62. The summed E-state index contributed by atoms with van der Waals surface area (Å²) in [6.45, 7) is 12.0. The number of nitrogens with zero attached hydrogens (tertiary/aromatic N) is 3. The van der Waals surface area contributed by atoms with Crippen LogP contribution in [-0.2, 0) is 4.79 Å². The Kier molecular flexibility index (Phi) is 13.2. The molecular formula is C28H38BrN7O2S. The lowest BCUT2D eigenvalue weighted by molar-refractivity contribution is -0.116. The smallest absolute Gasteiger partial charge is 0.302 e. The second kappa shape index (κ2) is 16.0. The van der Waals surface area contributed by atoms with Crippen molar-refractivity contribution in [3.63, 3.8) is 0 Å². The number of aromatic nitrogens is 1. The quantitative estimate of drug-likeness (QED) is 0.194. The first-order valence-electron chi connectivity index (χ1n) is 12.9. The van der Waals surface area contributed by atoms with Gasteiger partial charge >= 0.3 is 6.01 Å². The lowest BCUT2D eigenvalue weighted by atomic mass is 9.98. The predicted octanol–water partition coefficient (Wildman–Crippen LogP) is 7.12. The number of hydrogen-bond donors (Lipinski definition) is 4. The lowest BCUT2D eigenvalue weighted by Crippen LogP contribution is -2.44. The van der Waals surface area contributed by atoms with Gasteiger partial charge in [-0.15, -0.1) is 0 Å². The largest absolute Gasteiger partial charge is 0.423 e. The SMILES string of the molecule is C/C=C(/Br)C(=N)C1N=C(Nc2nc3ccccc3o2)NC(C)=C1C(=O)NC(=NC)SC=C(C)CC.CCCC. The van der Waals surface area contributed by atoms with Gasteiger partial charge in [0.05, 0.1) is 11.3 Å². The molecule has 0 aliphatic carbocycles. The number of thioether (sulfide) groups is 1. The Morgan fingerprint density at radius 3 is 2.56 bits per heavy atom. The van der Waals surface area contributed by atoms with Gasteiger partial charge in [-0.2, -0.15) is 4.98 Å². The van der Waals surface area contributed by atoms with Crippen LogP contribution < -0.4 is 16.0 Å². The number of guanidine groups is 1. The van der Waals surface area contributed by atoms with Crippen LogP contribution in [0.2, 0.25) is 0 Å². The number of oxazole rings is 1. The number of allylic oxidation sites excluding steroid dienone is 3. The molecule has 1 atom stereocenters. The van der Waals surface area contributed by atoms with Crippen LogP contribution in [0.3, 0.4) is 0 Å². The predicted molar refractivity (Wildman–Crippen MR) is 169 cm³/mol. The van der Waals surface area contributed by atoms with Crippen molar-refractivity contribution in [1.82, 2.24) is 15.6 Å². The van der Waals surface area contributed by atoms with E-state index in [1.54, 1.807) is 27.0 Å². The number of carbonyl (C=O) groups excluding carboxylic acids is 1. The van der Waals surface area contributed by atoms with E-state index >= 15 is 0 Å². The van der Waals surface area contributed by atoms with E-state index in [2.05, 4.69) is 67.6 Å². The number of carbonyl (C=O) groups is 1. The number of nitrogens with one attached hydrogen (secondary N) is 4. The van der Waals surface area contributed by atoms with E-state index in [1.165, 1.54) is 30.2 Å². The summed E-state index contributed by atoms with van der Waals surface area (Å²) in [5, 5.41) is 20.1. The van der Waals surface area contributed by atoms with E-state index in [-0.39, 0.29) is 17.6 Å². The molecule has 39 heavy (non-hydrogen) atoms. The van der Waals surface area contributed by atoms with E-state index in [0.717, 1.165) is 6.42 Å². The maximum absolute atomic E-state index is 13.3. The summed E-state index contributed by atoms with van der Waals surface area (Å²) in [6, 6.07) is 6.79. The molecule has 0 spiro atoms. The Hall–Kier alpha value is -3.18. The second-order valence-corrected chi connectivity index (χ2v) is 10.3. The average Bonchev–Trinajstić information content (AvgIpc) is 3.35. The molecule has 1 aromatic heterocycles. The molecule has 0 bridgehead atoms. The number of anilines is 1. The monoisotopic (exact) mass is 615 g/mol. The minimum Gasteiger partial charge on any atom is -0.423 e. The highest BCUT2D eigenvalue weighted by Gasteiger charge is 2.32. The number of aliphatic imine (C=N–C) groups is 2. The van der Waals surface area contributed by atoms with Gasteiger partial charge in [-0.1, -0.05) is 69.2 Å². The third-order valence-corrected chi connectivity index (χ3v) is 7.56. The van der Waals surface area contributed by atoms with Crippen LogP contribution in [0.5, 0.6) is 0 Å². The van der Waals surface area contributed by atoms with Crippen LogP contribution in [0, 0.1) is 5.41 Å². The van der Waals surface area contributed by atoms with Gasteiger partial charge in [0.25, 0.3) is 5.91 Å². The molecule has 210 valence electrons. The number of benzene rings is 1. The van der Waals surface area contributed by atoms with Crippen molar-refractivity contribution in [3.8, 4) is 0 Å². The van der Waals surface area contributed by atoms with Crippen LogP contribution in [0.15, 0.2) is 71.5 Å². The Morgan fingerprint density at radius 2 is 1.97 bits per heavy atom. The molecule has 2 aromatic rings. The summed E-state index contributed by atoms with van der Waals surface area (Å²) in [5.74, 6) is -0.0708. The first-order chi connectivity index (χ1) is 18.7. The van der Waals surface area contributed by atoms with Crippen molar-refractivity contribution >= 4 is 67.6 Å². The summed E-state index contributed by atoms with van der Waals surface area (Å²) < 4.78 is 6.27. The minimum absolute atomic E-state index is 0.139. The minimum atomic E-state index is -0.871. The van der Waals surface area contributed by atoms with Crippen molar-refractivity contribution in [3.05, 3.63) is 57.1 Å². The van der Waals surface area contributed by atoms with Gasteiger partial charge < -0.3 is 20.5 Å². The maximum atomic E-state index is 13.3. The number of amides is 1. The molecule has 0 saturated carbocycles. The number of unbranched alkanes of at least 4 members (excludes halogenated alkanes) is 1. The van der Waals surface area contributed by atoms with Gasteiger partial charge in [0.1, 0.15) is 11.6 Å². The first kappa shape index (κ1) is 32.0. The number of hydrogen-bond acceptors (Lipinski definition) is 9. The normalized spacial score (nSPS) is 16.3. The summed E-state index contributed by atoms with van der Waals surface area (Å²) >= 11 is 4.75. The number of amidine groups is 1. The molecule has 2 heterocycles. The zero-order valence-electron chi connectivity index (χ0n) is 23.6. The Balaban J connectivity index is 0.00000124. The Bertz CT molecular complexity index is 1290. The van der Waals surface area contributed by atoms with Crippen LogP contribution in [-0.4, -0.2) is 40.8 Å². The highest BCUT2D eigenvalue weighted by atomic mass is 79.9. The first-order valence-corrected chi connectivity index (χ1v) is 14.5. The molecule has 0 saturated heterocycles. The van der Waals surface area contributed by atoms with Gasteiger partial charge in [0, 0.05) is 17.2 Å². The molecule has 0 radical (unpaired) electrons. The molecule has 1 aliphatic heterocycles. The fraction of sp³-hybridized carbons (Fsp3) is 0.393. The van der Waals surface area contributed by atoms with E-state index in [9.17, 15) is 4.79 Å². The van der Waals surface area contributed by atoms with E-state index in [1.807, 2.05) is 36.6 Å². The zero-order chi connectivity index (χ0) is 28.9. The lowest BCUT2D eigenvalue weighted by Gasteiger charge is -2.26. The number of para-hydroxylation sites is 2. The van der Waals surface area contributed by atoms with Crippen LogP contribution >= 0.6 is 27.7 Å². The van der Waals surface area contributed by atoms with Crippen molar-refractivity contribution in [2.45, 2.75) is 66.8 Å². The fourth-order valence-electron chi connectivity index (χ4n) is 3.10. The standard InChI is InChI=1S/C24H28BrN7O2S.C4H10/c1-6-13(3)12-35-24(27-5)31-21(33)18-14(4)28-22(30-20(18)19(26)15(25)7-2)32-23-29-16-10-8-9-11-17(16)34-23;1-3-4-2/h7-12,20,26H,6H2,1-5H3,(H,27,31,33)(H2,28,29,30,32);3-4H2,1-2H3/b13-12?,15-7+,26-19?;.